The third kappa shape index (κ3) is 4.19. The maximum absolute atomic E-state index is 10.3. The Hall–Kier alpha value is 0.0238. The summed E-state index contributed by atoms with van der Waals surface area (Å²) in [5, 5.41) is 0. The number of carbonyl (C=O) groups excluding carboxylic acids is 1. The molecule has 3 nitrogen and oxygen atoms in total. The Morgan fingerprint density at radius 2 is 1.62 bits per heavy atom. The molecule has 0 fully saturated rings. The van der Waals surface area contributed by atoms with Gasteiger partial charge >= 0.3 is 0 Å². The summed E-state index contributed by atoms with van der Waals surface area (Å²) in [4.78, 5) is 10.3. The zero-order valence-corrected chi connectivity index (χ0v) is 6.14. The summed E-state index contributed by atoms with van der Waals surface area (Å²) in [6.45, 7) is 0.0583. The third-order valence-electron chi connectivity index (χ3n) is 0.466. The molecular formula is C3H4O3Si2. The maximum Gasteiger partial charge on any atom is 0.246 e. The van der Waals surface area contributed by atoms with E-state index in [1.54, 1.807) is 0 Å². The SMILES string of the molecule is O=C(CO[Si])CO[Si]. The lowest BCUT2D eigenvalue weighted by Gasteiger charge is -1.94. The van der Waals surface area contributed by atoms with Crippen LogP contribution in [0.2, 0.25) is 0 Å². The lowest BCUT2D eigenvalue weighted by Crippen LogP contribution is -2.13. The van der Waals surface area contributed by atoms with Crippen LogP contribution in [0.3, 0.4) is 0 Å². The highest BCUT2D eigenvalue weighted by Crippen LogP contribution is 1.72. The fraction of sp³-hybridized carbons (Fsp3) is 0.667. The molecule has 0 atom stereocenters. The van der Waals surface area contributed by atoms with E-state index in [9.17, 15) is 4.79 Å². The summed E-state index contributed by atoms with van der Waals surface area (Å²) in [6.07, 6.45) is 0. The normalized spacial score (nSPS) is 9.25. The number of hydrogen-bond donors (Lipinski definition) is 0. The number of Topliss-reactive ketones (excluding diaryl/α,β-unsaturated/α-hetero) is 1. The quantitative estimate of drug-likeness (QED) is 0.463. The minimum absolute atomic E-state index is 0.0291. The summed E-state index contributed by atoms with van der Waals surface area (Å²) < 4.78 is 8.62. The molecule has 0 saturated carbocycles. The van der Waals surface area contributed by atoms with Crippen LogP contribution < -0.4 is 0 Å². The molecule has 5 heteroatoms. The molecular weight excluding hydrogens is 140 g/mol. The van der Waals surface area contributed by atoms with Gasteiger partial charge in [-0.25, -0.2) is 0 Å². The summed E-state index contributed by atoms with van der Waals surface area (Å²) in [5.41, 5.74) is 0. The van der Waals surface area contributed by atoms with Gasteiger partial charge in [0.05, 0.1) is 13.2 Å². The van der Waals surface area contributed by atoms with Gasteiger partial charge in [0.25, 0.3) is 0 Å². The van der Waals surface area contributed by atoms with Crippen molar-refractivity contribution in [1.82, 2.24) is 0 Å². The molecule has 0 N–H and O–H groups in total. The van der Waals surface area contributed by atoms with Crippen molar-refractivity contribution in [3.63, 3.8) is 0 Å². The van der Waals surface area contributed by atoms with Gasteiger partial charge in [0, 0.05) is 0 Å². The van der Waals surface area contributed by atoms with Crippen molar-refractivity contribution in [3.8, 4) is 0 Å². The first-order valence-corrected chi connectivity index (χ1v) is 2.71. The zero-order chi connectivity index (χ0) is 6.41. The summed E-state index contributed by atoms with van der Waals surface area (Å²) >= 11 is 0. The van der Waals surface area contributed by atoms with Gasteiger partial charge in [0.2, 0.25) is 21.0 Å². The molecule has 0 aromatic heterocycles. The van der Waals surface area contributed by atoms with Gasteiger partial charge in [-0.15, -0.1) is 0 Å². The smallest absolute Gasteiger partial charge is 0.246 e. The van der Waals surface area contributed by atoms with Gasteiger partial charge in [-0.05, 0) is 0 Å². The van der Waals surface area contributed by atoms with Crippen molar-refractivity contribution >= 4 is 26.8 Å². The minimum atomic E-state index is -0.130. The van der Waals surface area contributed by atoms with Crippen LogP contribution in [0, 0.1) is 0 Å². The Bertz CT molecular complexity index is 66.9. The molecule has 0 amide bonds. The standard InChI is InChI=1S/C3H4O3Si2/c4-3(1-5-7)2-6-8/h1-2H2. The van der Waals surface area contributed by atoms with Crippen LogP contribution in [0.4, 0.5) is 0 Å². The van der Waals surface area contributed by atoms with Crippen LogP contribution >= 0.6 is 0 Å². The number of ketones is 1. The second kappa shape index (κ2) is 5.17. The maximum atomic E-state index is 10.3. The fourth-order valence-corrected chi connectivity index (χ4v) is 0.525. The lowest BCUT2D eigenvalue weighted by molar-refractivity contribution is -0.122. The molecule has 0 aromatic carbocycles. The van der Waals surface area contributed by atoms with Crippen LogP contribution in [0.5, 0.6) is 0 Å². The van der Waals surface area contributed by atoms with E-state index in [0.29, 0.717) is 0 Å². The van der Waals surface area contributed by atoms with Gasteiger partial charge in [-0.1, -0.05) is 0 Å². The van der Waals surface area contributed by atoms with Gasteiger partial charge in [-0.2, -0.15) is 0 Å². The van der Waals surface area contributed by atoms with Crippen molar-refractivity contribution in [2.75, 3.05) is 13.2 Å². The molecule has 0 spiro atoms. The van der Waals surface area contributed by atoms with E-state index < -0.39 is 0 Å². The van der Waals surface area contributed by atoms with Crippen LogP contribution in [0.25, 0.3) is 0 Å². The largest absolute Gasteiger partial charge is 0.411 e. The van der Waals surface area contributed by atoms with Crippen molar-refractivity contribution < 1.29 is 13.6 Å². The molecule has 0 saturated heterocycles. The highest BCUT2D eigenvalue weighted by atomic mass is 28.2. The van der Waals surface area contributed by atoms with E-state index in [2.05, 4.69) is 29.8 Å². The third-order valence-corrected chi connectivity index (χ3v) is 0.755. The molecule has 0 rings (SSSR count). The van der Waals surface area contributed by atoms with Crippen molar-refractivity contribution in [2.45, 2.75) is 0 Å². The Morgan fingerprint density at radius 1 is 1.25 bits per heavy atom. The molecule has 6 radical (unpaired) electrons. The van der Waals surface area contributed by atoms with Crippen LogP contribution in [-0.2, 0) is 13.6 Å². The first-order valence-electron chi connectivity index (χ1n) is 1.90. The summed E-state index contributed by atoms with van der Waals surface area (Å²) in [7, 11) is 5.34. The summed E-state index contributed by atoms with van der Waals surface area (Å²) in [5.74, 6) is -0.130. The van der Waals surface area contributed by atoms with E-state index in [-0.39, 0.29) is 19.0 Å². The molecule has 0 unspecified atom stereocenters. The first-order chi connectivity index (χ1) is 3.81. The molecule has 0 aliphatic heterocycles. The Kier molecular flexibility index (Phi) is 5.18. The lowest BCUT2D eigenvalue weighted by atomic mass is 10.5. The molecule has 8 heavy (non-hydrogen) atoms. The average Bonchev–Trinajstić information content (AvgIpc) is 1.68. The van der Waals surface area contributed by atoms with Crippen LogP contribution in [-0.4, -0.2) is 40.0 Å². The highest BCUT2D eigenvalue weighted by molar-refractivity contribution is 6.01. The first kappa shape index (κ1) is 8.02. The Labute approximate surface area is 54.4 Å². The van der Waals surface area contributed by atoms with Gasteiger partial charge in [0.15, 0.2) is 5.78 Å². The number of rotatable bonds is 4. The zero-order valence-electron chi connectivity index (χ0n) is 4.14. The van der Waals surface area contributed by atoms with Crippen molar-refractivity contribution in [1.29, 1.82) is 0 Å². The van der Waals surface area contributed by atoms with Gasteiger partial charge in [-0.3, -0.25) is 4.79 Å². The average molecular weight is 144 g/mol. The van der Waals surface area contributed by atoms with E-state index in [0.717, 1.165) is 0 Å². The molecule has 0 bridgehead atoms. The van der Waals surface area contributed by atoms with Gasteiger partial charge in [0.1, 0.15) is 0 Å². The monoisotopic (exact) mass is 144 g/mol. The summed E-state index contributed by atoms with van der Waals surface area (Å²) in [6, 6.07) is 0. The Balaban J connectivity index is 3.06. The van der Waals surface area contributed by atoms with E-state index in [1.807, 2.05) is 0 Å². The second-order valence-electron chi connectivity index (χ2n) is 1.12. The second-order valence-corrected chi connectivity index (χ2v) is 1.69. The molecule has 0 heterocycles. The van der Waals surface area contributed by atoms with E-state index in [1.165, 1.54) is 0 Å². The molecule has 0 aliphatic rings. The van der Waals surface area contributed by atoms with Gasteiger partial charge < -0.3 is 8.85 Å². The molecule has 0 aliphatic carbocycles. The topological polar surface area (TPSA) is 35.5 Å². The van der Waals surface area contributed by atoms with Crippen molar-refractivity contribution in [2.24, 2.45) is 0 Å². The minimum Gasteiger partial charge on any atom is -0.411 e. The fourth-order valence-electron chi connectivity index (χ4n) is 0.203. The number of carbonyl (C=O) groups is 1. The van der Waals surface area contributed by atoms with E-state index >= 15 is 0 Å². The van der Waals surface area contributed by atoms with E-state index in [4.69, 9.17) is 0 Å². The van der Waals surface area contributed by atoms with Crippen LogP contribution in [0.15, 0.2) is 0 Å². The van der Waals surface area contributed by atoms with Crippen molar-refractivity contribution in [3.05, 3.63) is 0 Å². The Morgan fingerprint density at radius 3 is 1.88 bits per heavy atom. The predicted molar refractivity (Wildman–Crippen MR) is 28.4 cm³/mol. The predicted octanol–water partition coefficient (Wildman–Crippen LogP) is -1.24. The number of hydrogen-bond acceptors (Lipinski definition) is 3. The molecule has 0 aromatic rings. The highest BCUT2D eigenvalue weighted by Gasteiger charge is 1.95. The van der Waals surface area contributed by atoms with Crippen LogP contribution in [0.1, 0.15) is 0 Å². The molecule has 42 valence electrons.